The van der Waals surface area contributed by atoms with Crippen molar-refractivity contribution in [2.24, 2.45) is 0 Å². The van der Waals surface area contributed by atoms with Crippen LogP contribution in [0, 0.1) is 0 Å². The van der Waals surface area contributed by atoms with Gasteiger partial charge in [-0.15, -0.1) is 0 Å². The van der Waals surface area contributed by atoms with E-state index in [1.54, 1.807) is 0 Å². The molecule has 1 aliphatic rings. The number of hydrogen-bond acceptors (Lipinski definition) is 2. The first kappa shape index (κ1) is 12.6. The highest BCUT2D eigenvalue weighted by molar-refractivity contribution is 9.13. The first-order valence-corrected chi connectivity index (χ1v) is 7.11. The molecule has 0 bridgehead atoms. The normalized spacial score (nSPS) is 21.6. The molecule has 0 amide bonds. The van der Waals surface area contributed by atoms with Crippen molar-refractivity contribution in [1.82, 2.24) is 10.2 Å². The van der Waals surface area contributed by atoms with Crippen molar-refractivity contribution in [3.8, 4) is 0 Å². The molecule has 2 nitrogen and oxygen atoms in total. The maximum atomic E-state index is 3.54. The van der Waals surface area contributed by atoms with Crippen LogP contribution in [0.1, 0.15) is 12.0 Å². The van der Waals surface area contributed by atoms with E-state index in [1.807, 2.05) is 7.05 Å². The summed E-state index contributed by atoms with van der Waals surface area (Å²) in [6.45, 7) is 3.40. The lowest BCUT2D eigenvalue weighted by atomic mass is 10.2. The number of halogens is 2. The molecule has 0 aromatic heterocycles. The van der Waals surface area contributed by atoms with E-state index in [0.29, 0.717) is 6.04 Å². The molecule has 1 aliphatic heterocycles. The van der Waals surface area contributed by atoms with Crippen molar-refractivity contribution < 1.29 is 0 Å². The van der Waals surface area contributed by atoms with E-state index in [2.05, 4.69) is 60.3 Å². The van der Waals surface area contributed by atoms with Crippen LogP contribution in [0.2, 0.25) is 0 Å². The third-order valence-corrected chi connectivity index (χ3v) is 4.95. The lowest BCUT2D eigenvalue weighted by Gasteiger charge is -2.16. The third kappa shape index (κ3) is 3.06. The van der Waals surface area contributed by atoms with Gasteiger partial charge in [-0.2, -0.15) is 0 Å². The largest absolute Gasteiger partial charge is 0.316 e. The maximum absolute atomic E-state index is 3.54. The topological polar surface area (TPSA) is 15.3 Å². The molecule has 4 heteroatoms. The van der Waals surface area contributed by atoms with Gasteiger partial charge in [-0.05, 0) is 63.0 Å². The summed E-state index contributed by atoms with van der Waals surface area (Å²) < 4.78 is 2.25. The zero-order chi connectivity index (χ0) is 11.5. The minimum atomic E-state index is 0.666. The number of rotatable bonds is 3. The smallest absolute Gasteiger partial charge is 0.0320 e. The minimum absolute atomic E-state index is 0.666. The molecule has 1 heterocycles. The minimum Gasteiger partial charge on any atom is -0.316 e. The van der Waals surface area contributed by atoms with Crippen molar-refractivity contribution in [3.05, 3.63) is 32.7 Å². The maximum Gasteiger partial charge on any atom is 0.0320 e. The van der Waals surface area contributed by atoms with Crippen LogP contribution in [0.5, 0.6) is 0 Å². The highest BCUT2D eigenvalue weighted by Crippen LogP contribution is 2.25. The average Bonchev–Trinajstić information content (AvgIpc) is 2.71. The van der Waals surface area contributed by atoms with Crippen LogP contribution < -0.4 is 5.32 Å². The molecule has 1 saturated heterocycles. The number of likely N-dealkylation sites (N-methyl/N-ethyl adjacent to an activating group) is 1. The summed E-state index contributed by atoms with van der Waals surface area (Å²) in [5, 5.41) is 3.34. The monoisotopic (exact) mass is 346 g/mol. The van der Waals surface area contributed by atoms with E-state index in [-0.39, 0.29) is 0 Å². The molecule has 1 unspecified atom stereocenters. The van der Waals surface area contributed by atoms with E-state index < -0.39 is 0 Å². The summed E-state index contributed by atoms with van der Waals surface area (Å²) in [5.74, 6) is 0. The van der Waals surface area contributed by atoms with Gasteiger partial charge in [0.1, 0.15) is 0 Å². The Morgan fingerprint density at radius 3 is 2.81 bits per heavy atom. The molecule has 1 aromatic rings. The number of benzene rings is 1. The summed E-state index contributed by atoms with van der Waals surface area (Å²) in [5.41, 5.74) is 1.37. The van der Waals surface area contributed by atoms with Crippen LogP contribution in [0.15, 0.2) is 27.1 Å². The second-order valence-corrected chi connectivity index (χ2v) is 5.97. The summed E-state index contributed by atoms with van der Waals surface area (Å²) in [6.07, 6.45) is 1.26. The molecule has 1 aromatic carbocycles. The van der Waals surface area contributed by atoms with Gasteiger partial charge in [0.25, 0.3) is 0 Å². The van der Waals surface area contributed by atoms with Gasteiger partial charge in [0.2, 0.25) is 0 Å². The Balaban J connectivity index is 1.97. The lowest BCUT2D eigenvalue weighted by Crippen LogP contribution is -2.29. The molecule has 16 heavy (non-hydrogen) atoms. The summed E-state index contributed by atoms with van der Waals surface area (Å²) in [7, 11) is 2.05. The SMILES string of the molecule is CNC1CCN(Cc2ccc(Br)c(Br)c2)C1. The van der Waals surface area contributed by atoms with Gasteiger partial charge in [-0.25, -0.2) is 0 Å². The molecule has 1 N–H and O–H groups in total. The van der Waals surface area contributed by atoms with Crippen LogP contribution in [0.25, 0.3) is 0 Å². The Labute approximate surface area is 114 Å². The summed E-state index contributed by atoms with van der Waals surface area (Å²) in [4.78, 5) is 2.50. The summed E-state index contributed by atoms with van der Waals surface area (Å²) in [6, 6.07) is 7.14. The number of hydrogen-bond donors (Lipinski definition) is 1. The predicted molar refractivity (Wildman–Crippen MR) is 74.6 cm³/mol. The lowest BCUT2D eigenvalue weighted by molar-refractivity contribution is 0.322. The van der Waals surface area contributed by atoms with E-state index in [1.165, 1.54) is 18.5 Å². The van der Waals surface area contributed by atoms with Crippen LogP contribution in [0.3, 0.4) is 0 Å². The van der Waals surface area contributed by atoms with Crippen LogP contribution in [-0.4, -0.2) is 31.1 Å². The number of nitrogens with zero attached hydrogens (tertiary/aromatic N) is 1. The standard InChI is InChI=1S/C12H16Br2N2/c1-15-10-4-5-16(8-10)7-9-2-3-11(13)12(14)6-9/h2-3,6,10,15H,4-5,7-8H2,1H3. The van der Waals surface area contributed by atoms with Crippen LogP contribution in [0.4, 0.5) is 0 Å². The van der Waals surface area contributed by atoms with Gasteiger partial charge in [-0.3, -0.25) is 4.90 Å². The van der Waals surface area contributed by atoms with Crippen molar-refractivity contribution in [1.29, 1.82) is 0 Å². The average molecular weight is 348 g/mol. The van der Waals surface area contributed by atoms with Crippen molar-refractivity contribution >= 4 is 31.9 Å². The highest BCUT2D eigenvalue weighted by atomic mass is 79.9. The molecular weight excluding hydrogens is 332 g/mol. The fraction of sp³-hybridized carbons (Fsp3) is 0.500. The highest BCUT2D eigenvalue weighted by Gasteiger charge is 2.20. The Morgan fingerprint density at radius 2 is 2.19 bits per heavy atom. The van der Waals surface area contributed by atoms with Crippen LogP contribution >= 0.6 is 31.9 Å². The molecule has 0 radical (unpaired) electrons. The van der Waals surface area contributed by atoms with Gasteiger partial charge in [0, 0.05) is 34.6 Å². The van der Waals surface area contributed by atoms with Gasteiger partial charge < -0.3 is 5.32 Å². The molecule has 88 valence electrons. The zero-order valence-electron chi connectivity index (χ0n) is 9.34. The van der Waals surface area contributed by atoms with Crippen molar-refractivity contribution in [2.75, 3.05) is 20.1 Å². The van der Waals surface area contributed by atoms with Gasteiger partial charge in [0.05, 0.1) is 0 Å². The predicted octanol–water partition coefficient (Wildman–Crippen LogP) is 3.01. The molecule has 1 fully saturated rings. The Morgan fingerprint density at radius 1 is 1.38 bits per heavy atom. The van der Waals surface area contributed by atoms with Gasteiger partial charge in [-0.1, -0.05) is 6.07 Å². The second kappa shape index (κ2) is 5.63. The third-order valence-electron chi connectivity index (χ3n) is 3.07. The second-order valence-electron chi connectivity index (χ2n) is 4.26. The fourth-order valence-corrected chi connectivity index (χ4v) is 2.78. The van der Waals surface area contributed by atoms with Crippen molar-refractivity contribution in [3.63, 3.8) is 0 Å². The molecule has 1 atom stereocenters. The molecule has 0 aliphatic carbocycles. The van der Waals surface area contributed by atoms with E-state index >= 15 is 0 Å². The van der Waals surface area contributed by atoms with Crippen molar-refractivity contribution in [2.45, 2.75) is 19.0 Å². The molecular formula is C12H16Br2N2. The Kier molecular flexibility index (Phi) is 4.41. The first-order chi connectivity index (χ1) is 7.69. The van der Waals surface area contributed by atoms with Crippen LogP contribution in [-0.2, 0) is 6.54 Å². The molecule has 0 saturated carbocycles. The summed E-state index contributed by atoms with van der Waals surface area (Å²) >= 11 is 7.04. The fourth-order valence-electron chi connectivity index (χ4n) is 2.11. The van der Waals surface area contributed by atoms with E-state index in [4.69, 9.17) is 0 Å². The number of likely N-dealkylation sites (tertiary alicyclic amines) is 1. The zero-order valence-corrected chi connectivity index (χ0v) is 12.5. The van der Waals surface area contributed by atoms with Gasteiger partial charge in [0.15, 0.2) is 0 Å². The Bertz CT molecular complexity index is 368. The van der Waals surface area contributed by atoms with Gasteiger partial charge >= 0.3 is 0 Å². The number of nitrogens with one attached hydrogen (secondary N) is 1. The molecule has 0 spiro atoms. The van der Waals surface area contributed by atoms with E-state index in [0.717, 1.165) is 22.0 Å². The Hall–Kier alpha value is 0.1000. The first-order valence-electron chi connectivity index (χ1n) is 5.52. The quantitative estimate of drug-likeness (QED) is 0.904. The molecule has 2 rings (SSSR count). The van der Waals surface area contributed by atoms with E-state index in [9.17, 15) is 0 Å².